The number of aromatic nitrogens is 2. The predicted molar refractivity (Wildman–Crippen MR) is 52.6 cm³/mol. The van der Waals surface area contributed by atoms with Crippen LogP contribution in [-0.4, -0.2) is 28.4 Å². The van der Waals surface area contributed by atoms with E-state index in [9.17, 15) is 4.79 Å². The van der Waals surface area contributed by atoms with Crippen LogP contribution < -0.4 is 10.6 Å². The highest BCUT2D eigenvalue weighted by molar-refractivity contribution is 5.65. The first-order chi connectivity index (χ1) is 7.04. The molecule has 1 atom stereocenters. The number of hydrogen-bond donors (Lipinski definition) is 3. The molecule has 1 amide bonds. The Morgan fingerprint density at radius 1 is 1.47 bits per heavy atom. The number of carboxylic acid groups (broad SMARTS) is 1. The highest BCUT2D eigenvalue weighted by Gasteiger charge is 2.23. The van der Waals surface area contributed by atoms with Crippen LogP contribution in [0.5, 0.6) is 0 Å². The average Bonchev–Trinajstić information content (AvgIpc) is 2.61. The molecule has 0 spiro atoms. The van der Waals surface area contributed by atoms with Gasteiger partial charge < -0.3 is 20.2 Å². The largest absolute Gasteiger partial charge is 0.465 e. The Morgan fingerprint density at radius 2 is 2.13 bits per heavy atom. The topological polar surface area (TPSA) is 100 Å². The molecule has 15 heavy (non-hydrogen) atoms. The molecule has 0 aliphatic rings. The zero-order valence-corrected chi connectivity index (χ0v) is 8.81. The molecule has 0 saturated heterocycles. The molecular weight excluding hydrogens is 200 g/mol. The molecule has 0 saturated carbocycles. The smallest absolute Gasteiger partial charge is 0.405 e. The van der Waals surface area contributed by atoms with Crippen LogP contribution in [0.3, 0.4) is 0 Å². The van der Waals surface area contributed by atoms with E-state index >= 15 is 0 Å². The van der Waals surface area contributed by atoms with E-state index in [4.69, 9.17) is 9.52 Å². The molecule has 0 bridgehead atoms. The van der Waals surface area contributed by atoms with Gasteiger partial charge in [0.25, 0.3) is 0 Å². The zero-order valence-electron chi connectivity index (χ0n) is 8.81. The molecule has 1 aromatic rings. The van der Waals surface area contributed by atoms with E-state index in [0.29, 0.717) is 0 Å². The van der Waals surface area contributed by atoms with E-state index in [1.54, 1.807) is 7.05 Å². The average molecular weight is 214 g/mol. The number of nitrogens with zero attached hydrogens (tertiary/aromatic N) is 2. The molecule has 1 aromatic heterocycles. The van der Waals surface area contributed by atoms with E-state index in [-0.39, 0.29) is 17.8 Å². The molecule has 7 heteroatoms. The lowest BCUT2D eigenvalue weighted by Gasteiger charge is -2.16. The summed E-state index contributed by atoms with van der Waals surface area (Å²) in [7, 11) is 1.65. The molecular formula is C8H14N4O3. The lowest BCUT2D eigenvalue weighted by Crippen LogP contribution is -2.30. The Morgan fingerprint density at radius 3 is 2.53 bits per heavy atom. The third-order valence-corrected chi connectivity index (χ3v) is 1.87. The summed E-state index contributed by atoms with van der Waals surface area (Å²) < 4.78 is 5.20. The number of rotatable bonds is 4. The van der Waals surface area contributed by atoms with E-state index in [1.165, 1.54) is 0 Å². The molecule has 0 radical (unpaired) electrons. The Hall–Kier alpha value is -1.79. The van der Waals surface area contributed by atoms with Crippen molar-refractivity contribution in [3.63, 3.8) is 0 Å². The molecule has 1 unspecified atom stereocenters. The zero-order chi connectivity index (χ0) is 11.4. The van der Waals surface area contributed by atoms with Gasteiger partial charge in [0, 0.05) is 7.05 Å². The first-order valence-electron chi connectivity index (χ1n) is 4.55. The molecule has 1 heterocycles. The second kappa shape index (κ2) is 4.63. The summed E-state index contributed by atoms with van der Waals surface area (Å²) >= 11 is 0. The third-order valence-electron chi connectivity index (χ3n) is 1.87. The predicted octanol–water partition coefficient (Wildman–Crippen LogP) is 1.08. The molecule has 0 aromatic carbocycles. The van der Waals surface area contributed by atoms with Gasteiger partial charge in [0.1, 0.15) is 6.04 Å². The lowest BCUT2D eigenvalue weighted by molar-refractivity contribution is 0.182. The normalized spacial score (nSPS) is 12.5. The minimum Gasteiger partial charge on any atom is -0.465 e. The Balaban J connectivity index is 2.83. The highest BCUT2D eigenvalue weighted by atomic mass is 16.4. The Labute approximate surface area is 86.9 Å². The lowest BCUT2D eigenvalue weighted by atomic mass is 10.1. The van der Waals surface area contributed by atoms with Crippen LogP contribution in [0.15, 0.2) is 4.42 Å². The quantitative estimate of drug-likeness (QED) is 0.693. The molecule has 7 nitrogen and oxygen atoms in total. The maximum atomic E-state index is 10.5. The van der Waals surface area contributed by atoms with Crippen LogP contribution >= 0.6 is 0 Å². The van der Waals surface area contributed by atoms with Crippen molar-refractivity contribution < 1.29 is 14.3 Å². The third kappa shape index (κ3) is 2.83. The number of anilines is 1. The van der Waals surface area contributed by atoms with E-state index < -0.39 is 12.1 Å². The van der Waals surface area contributed by atoms with Gasteiger partial charge in [-0.05, 0) is 5.92 Å². The summed E-state index contributed by atoms with van der Waals surface area (Å²) in [5.41, 5.74) is 0. The molecule has 0 aliphatic heterocycles. The molecule has 0 fully saturated rings. The Kier molecular flexibility index (Phi) is 3.48. The fraction of sp³-hybridized carbons (Fsp3) is 0.625. The van der Waals surface area contributed by atoms with Crippen LogP contribution in [0.2, 0.25) is 0 Å². The van der Waals surface area contributed by atoms with Gasteiger partial charge in [0.05, 0.1) is 0 Å². The van der Waals surface area contributed by atoms with Crippen molar-refractivity contribution >= 4 is 12.1 Å². The van der Waals surface area contributed by atoms with Gasteiger partial charge in [-0.15, -0.1) is 5.10 Å². The van der Waals surface area contributed by atoms with Gasteiger partial charge in [-0.3, -0.25) is 0 Å². The van der Waals surface area contributed by atoms with Crippen molar-refractivity contribution in [3.8, 4) is 0 Å². The SMILES string of the molecule is CNc1nnc(C(NC(=O)O)C(C)C)o1. The standard InChI is InChI=1S/C8H14N4O3/c1-4(2)5(10-8(13)14)6-11-12-7(9-3)15-6/h4-5,10H,1-3H3,(H,9,12)(H,13,14). The van der Waals surface area contributed by atoms with E-state index in [0.717, 1.165) is 0 Å². The number of hydrogen-bond acceptors (Lipinski definition) is 5. The minimum absolute atomic E-state index is 0.0336. The van der Waals surface area contributed by atoms with Crippen molar-refractivity contribution in [2.45, 2.75) is 19.9 Å². The summed E-state index contributed by atoms with van der Waals surface area (Å²) in [6.07, 6.45) is -1.11. The first kappa shape index (κ1) is 11.3. The number of carbonyl (C=O) groups is 1. The van der Waals surface area contributed by atoms with Crippen LogP contribution in [0.1, 0.15) is 25.8 Å². The monoisotopic (exact) mass is 214 g/mol. The summed E-state index contributed by atoms with van der Waals surface area (Å²) in [5, 5.41) is 21.1. The maximum Gasteiger partial charge on any atom is 0.405 e. The van der Waals surface area contributed by atoms with Crippen molar-refractivity contribution in [2.75, 3.05) is 12.4 Å². The van der Waals surface area contributed by atoms with E-state index in [2.05, 4.69) is 20.8 Å². The van der Waals surface area contributed by atoms with Crippen molar-refractivity contribution in [2.24, 2.45) is 5.92 Å². The van der Waals surface area contributed by atoms with Gasteiger partial charge >= 0.3 is 12.1 Å². The van der Waals surface area contributed by atoms with Crippen LogP contribution in [0.4, 0.5) is 10.8 Å². The maximum absolute atomic E-state index is 10.5. The van der Waals surface area contributed by atoms with Gasteiger partial charge in [0.2, 0.25) is 5.89 Å². The van der Waals surface area contributed by atoms with Crippen molar-refractivity contribution in [3.05, 3.63) is 5.89 Å². The fourth-order valence-electron chi connectivity index (χ4n) is 1.11. The van der Waals surface area contributed by atoms with Crippen molar-refractivity contribution in [1.82, 2.24) is 15.5 Å². The van der Waals surface area contributed by atoms with Crippen LogP contribution in [0, 0.1) is 5.92 Å². The van der Waals surface area contributed by atoms with E-state index in [1.807, 2.05) is 13.8 Å². The van der Waals surface area contributed by atoms with Crippen molar-refractivity contribution in [1.29, 1.82) is 0 Å². The summed E-state index contributed by atoms with van der Waals surface area (Å²) in [5.74, 6) is 0.294. The minimum atomic E-state index is -1.11. The second-order valence-electron chi connectivity index (χ2n) is 3.37. The summed E-state index contributed by atoms with van der Waals surface area (Å²) in [6, 6.07) is -0.222. The van der Waals surface area contributed by atoms with Gasteiger partial charge in [0.15, 0.2) is 0 Å². The van der Waals surface area contributed by atoms with Gasteiger partial charge in [-0.1, -0.05) is 18.9 Å². The molecule has 1 rings (SSSR count). The van der Waals surface area contributed by atoms with Crippen LogP contribution in [0.25, 0.3) is 0 Å². The summed E-state index contributed by atoms with van der Waals surface area (Å²) in [4.78, 5) is 10.5. The highest BCUT2D eigenvalue weighted by Crippen LogP contribution is 2.21. The fourth-order valence-corrected chi connectivity index (χ4v) is 1.11. The van der Waals surface area contributed by atoms with Gasteiger partial charge in [-0.2, -0.15) is 0 Å². The van der Waals surface area contributed by atoms with Crippen LogP contribution in [-0.2, 0) is 0 Å². The molecule has 0 aliphatic carbocycles. The number of amides is 1. The molecule has 84 valence electrons. The van der Waals surface area contributed by atoms with Gasteiger partial charge in [-0.25, -0.2) is 4.79 Å². The molecule has 3 N–H and O–H groups in total. The summed E-state index contributed by atoms with van der Waals surface area (Å²) in [6.45, 7) is 3.73. The second-order valence-corrected chi connectivity index (χ2v) is 3.37. The first-order valence-corrected chi connectivity index (χ1v) is 4.55. The Bertz CT molecular complexity index is 336. The number of nitrogens with one attached hydrogen (secondary N) is 2.